The fourth-order valence-corrected chi connectivity index (χ4v) is 3.63. The van der Waals surface area contributed by atoms with Gasteiger partial charge in [0.25, 0.3) is 5.56 Å². The number of fused-ring (bicyclic) bond motifs is 1. The zero-order chi connectivity index (χ0) is 23.6. The first-order valence-corrected chi connectivity index (χ1v) is 10.8. The zero-order valence-corrected chi connectivity index (χ0v) is 19.5. The summed E-state index contributed by atoms with van der Waals surface area (Å²) in [6.07, 6.45) is 0.905. The summed E-state index contributed by atoms with van der Waals surface area (Å²) >= 11 is 0. The predicted molar refractivity (Wildman–Crippen MR) is 124 cm³/mol. The number of aliphatic hydroxyl groups is 1. The number of carbonyl (C=O) groups excluding carboxylic acids is 1. The Morgan fingerprint density at radius 1 is 1.22 bits per heavy atom. The van der Waals surface area contributed by atoms with Crippen molar-refractivity contribution in [3.63, 3.8) is 0 Å². The first-order valence-electron chi connectivity index (χ1n) is 10.8. The standard InChI is InChI=1S/C24H32N4O4/c1-14(2)13-32-24(31)21(16(4)29)25-11-17-7-8-20-19(10-17)26-22(28(20)6)18-9-15(3)23(30)27(5)12-18/h7-10,12,14,16,21,25,29H,11,13H2,1-6H3. The van der Waals surface area contributed by atoms with E-state index in [0.717, 1.165) is 28.0 Å². The molecule has 0 fully saturated rings. The van der Waals surface area contributed by atoms with E-state index in [1.807, 2.05) is 49.7 Å². The molecule has 8 heteroatoms. The second-order valence-electron chi connectivity index (χ2n) is 8.77. The van der Waals surface area contributed by atoms with Crippen LogP contribution in [0.3, 0.4) is 0 Å². The highest BCUT2D eigenvalue weighted by Crippen LogP contribution is 2.24. The molecule has 172 valence electrons. The largest absolute Gasteiger partial charge is 0.464 e. The van der Waals surface area contributed by atoms with Crippen LogP contribution in [-0.2, 0) is 30.2 Å². The number of aliphatic hydroxyl groups excluding tert-OH is 1. The smallest absolute Gasteiger partial charge is 0.325 e. The number of rotatable bonds is 8. The maximum Gasteiger partial charge on any atom is 0.325 e. The molecule has 3 aromatic rings. The molecular formula is C24H32N4O4. The zero-order valence-electron chi connectivity index (χ0n) is 19.5. The Bertz CT molecular complexity index is 1150. The summed E-state index contributed by atoms with van der Waals surface area (Å²) in [6.45, 7) is 7.99. The molecule has 2 aromatic heterocycles. The monoisotopic (exact) mass is 440 g/mol. The molecule has 1 aromatic carbocycles. The minimum atomic E-state index is -0.882. The van der Waals surface area contributed by atoms with Crippen molar-refractivity contribution in [2.75, 3.05) is 6.61 Å². The van der Waals surface area contributed by atoms with E-state index in [9.17, 15) is 14.7 Å². The van der Waals surface area contributed by atoms with Gasteiger partial charge in [-0.2, -0.15) is 0 Å². The average Bonchev–Trinajstić information content (AvgIpc) is 3.06. The number of esters is 1. The molecule has 8 nitrogen and oxygen atoms in total. The lowest BCUT2D eigenvalue weighted by atomic mass is 10.1. The van der Waals surface area contributed by atoms with Crippen molar-refractivity contribution in [3.05, 3.63) is 51.9 Å². The Kier molecular flexibility index (Phi) is 7.16. The third kappa shape index (κ3) is 5.08. The lowest BCUT2D eigenvalue weighted by molar-refractivity contribution is -0.150. The molecule has 2 heterocycles. The summed E-state index contributed by atoms with van der Waals surface area (Å²) in [6, 6.07) is 6.94. The molecule has 0 bridgehead atoms. The number of benzene rings is 1. The lowest BCUT2D eigenvalue weighted by Gasteiger charge is -2.20. The number of hydrogen-bond donors (Lipinski definition) is 2. The minimum absolute atomic E-state index is 0.0274. The Balaban J connectivity index is 1.82. The van der Waals surface area contributed by atoms with Gasteiger partial charge in [0.1, 0.15) is 11.9 Å². The van der Waals surface area contributed by atoms with Gasteiger partial charge in [0.2, 0.25) is 0 Å². The van der Waals surface area contributed by atoms with Gasteiger partial charge in [0.15, 0.2) is 0 Å². The fraction of sp³-hybridized carbons (Fsp3) is 0.458. The number of hydrogen-bond acceptors (Lipinski definition) is 6. The van der Waals surface area contributed by atoms with E-state index in [2.05, 4.69) is 5.32 Å². The van der Waals surface area contributed by atoms with Crippen molar-refractivity contribution in [1.82, 2.24) is 19.4 Å². The molecule has 3 rings (SSSR count). The number of nitrogens with one attached hydrogen (secondary N) is 1. The van der Waals surface area contributed by atoms with Crippen molar-refractivity contribution in [1.29, 1.82) is 0 Å². The first kappa shape index (κ1) is 23.7. The SMILES string of the molecule is Cc1cc(-c2nc3cc(CNC(C(=O)OCC(C)C)C(C)O)ccc3n2C)cn(C)c1=O. The van der Waals surface area contributed by atoms with E-state index in [1.165, 1.54) is 0 Å². The van der Waals surface area contributed by atoms with Crippen LogP contribution in [0.25, 0.3) is 22.4 Å². The highest BCUT2D eigenvalue weighted by Gasteiger charge is 2.25. The van der Waals surface area contributed by atoms with E-state index < -0.39 is 18.1 Å². The molecule has 32 heavy (non-hydrogen) atoms. The normalized spacial score (nSPS) is 13.5. The van der Waals surface area contributed by atoms with Gasteiger partial charge in [0.05, 0.1) is 23.7 Å². The molecule has 0 aliphatic heterocycles. The average molecular weight is 441 g/mol. The van der Waals surface area contributed by atoms with Crippen LogP contribution in [-0.4, -0.2) is 43.9 Å². The molecule has 2 unspecified atom stereocenters. The maximum absolute atomic E-state index is 12.3. The van der Waals surface area contributed by atoms with Crippen molar-refractivity contribution in [2.45, 2.75) is 46.4 Å². The van der Waals surface area contributed by atoms with E-state index in [-0.39, 0.29) is 11.5 Å². The van der Waals surface area contributed by atoms with E-state index in [0.29, 0.717) is 18.7 Å². The quantitative estimate of drug-likeness (QED) is 0.522. The van der Waals surface area contributed by atoms with Gasteiger partial charge in [-0.15, -0.1) is 0 Å². The maximum atomic E-state index is 12.3. The van der Waals surface area contributed by atoms with Crippen molar-refractivity contribution >= 4 is 17.0 Å². The van der Waals surface area contributed by atoms with Crippen LogP contribution in [0.1, 0.15) is 31.9 Å². The summed E-state index contributed by atoms with van der Waals surface area (Å²) < 4.78 is 8.84. The van der Waals surface area contributed by atoms with Gasteiger partial charge >= 0.3 is 5.97 Å². The van der Waals surface area contributed by atoms with Crippen LogP contribution in [0.15, 0.2) is 35.3 Å². The molecule has 2 atom stereocenters. The highest BCUT2D eigenvalue weighted by atomic mass is 16.5. The van der Waals surface area contributed by atoms with Gasteiger partial charge in [-0.3, -0.25) is 14.9 Å². The van der Waals surface area contributed by atoms with E-state index in [4.69, 9.17) is 9.72 Å². The summed E-state index contributed by atoms with van der Waals surface area (Å²) in [7, 11) is 3.67. The Morgan fingerprint density at radius 2 is 1.94 bits per heavy atom. The van der Waals surface area contributed by atoms with Crippen molar-refractivity contribution in [3.8, 4) is 11.4 Å². The molecule has 0 radical (unpaired) electrons. The lowest BCUT2D eigenvalue weighted by Crippen LogP contribution is -2.45. The molecule has 0 spiro atoms. The topological polar surface area (TPSA) is 98.4 Å². The number of pyridine rings is 1. The third-order valence-electron chi connectivity index (χ3n) is 5.39. The molecule has 0 aliphatic rings. The Labute approximate surface area is 187 Å². The van der Waals surface area contributed by atoms with Gasteiger partial charge in [-0.05, 0) is 43.5 Å². The fourth-order valence-electron chi connectivity index (χ4n) is 3.63. The van der Waals surface area contributed by atoms with Gasteiger partial charge in [-0.1, -0.05) is 19.9 Å². The molecule has 0 saturated heterocycles. The van der Waals surface area contributed by atoms with Crippen LogP contribution < -0.4 is 10.9 Å². The Hall–Kier alpha value is -2.97. The minimum Gasteiger partial charge on any atom is -0.464 e. The molecule has 0 saturated carbocycles. The highest BCUT2D eigenvalue weighted by molar-refractivity contribution is 5.81. The molecule has 2 N–H and O–H groups in total. The summed E-state index contributed by atoms with van der Waals surface area (Å²) in [4.78, 5) is 29.1. The number of aryl methyl sites for hydroxylation is 3. The number of ether oxygens (including phenoxy) is 1. The Morgan fingerprint density at radius 3 is 2.56 bits per heavy atom. The first-order chi connectivity index (χ1) is 15.1. The summed E-state index contributed by atoms with van der Waals surface area (Å²) in [5, 5.41) is 13.1. The van der Waals surface area contributed by atoms with Crippen LogP contribution in [0.2, 0.25) is 0 Å². The summed E-state index contributed by atoms with van der Waals surface area (Å²) in [5.74, 6) is 0.535. The van der Waals surface area contributed by atoms with Gasteiger partial charge in [-0.25, -0.2) is 4.98 Å². The molecule has 0 amide bonds. The second-order valence-corrected chi connectivity index (χ2v) is 8.77. The summed E-state index contributed by atoms with van der Waals surface area (Å²) in [5.41, 5.74) is 4.20. The predicted octanol–water partition coefficient (Wildman–Crippen LogP) is 2.29. The second kappa shape index (κ2) is 9.67. The van der Waals surface area contributed by atoms with E-state index >= 15 is 0 Å². The number of imidazole rings is 1. The number of carbonyl (C=O) groups is 1. The van der Waals surface area contributed by atoms with Crippen LogP contribution >= 0.6 is 0 Å². The molecule has 0 aliphatic carbocycles. The van der Waals surface area contributed by atoms with Crippen LogP contribution in [0, 0.1) is 12.8 Å². The third-order valence-corrected chi connectivity index (χ3v) is 5.39. The number of nitrogens with zero attached hydrogens (tertiary/aromatic N) is 3. The van der Waals surface area contributed by atoms with Gasteiger partial charge < -0.3 is 19.0 Å². The number of aromatic nitrogens is 3. The van der Waals surface area contributed by atoms with E-state index in [1.54, 1.807) is 31.7 Å². The molecular weight excluding hydrogens is 408 g/mol. The van der Waals surface area contributed by atoms with Crippen molar-refractivity contribution in [2.24, 2.45) is 20.0 Å². The van der Waals surface area contributed by atoms with Gasteiger partial charge in [0, 0.05) is 38.0 Å². The van der Waals surface area contributed by atoms with Crippen molar-refractivity contribution < 1.29 is 14.6 Å². The van der Waals surface area contributed by atoms with Crippen LogP contribution in [0.4, 0.5) is 0 Å². The van der Waals surface area contributed by atoms with Crippen LogP contribution in [0.5, 0.6) is 0 Å².